The van der Waals surface area contributed by atoms with E-state index in [0.29, 0.717) is 12.0 Å². The van der Waals surface area contributed by atoms with Gasteiger partial charge in [-0.3, -0.25) is 0 Å². The zero-order valence-electron chi connectivity index (χ0n) is 8.13. The minimum Gasteiger partial charge on any atom is -0.387 e. The van der Waals surface area contributed by atoms with Gasteiger partial charge in [0.2, 0.25) is 0 Å². The van der Waals surface area contributed by atoms with Crippen molar-refractivity contribution >= 4 is 0 Å². The number of ether oxygens (including phenoxy) is 1. The molecule has 12 heavy (non-hydrogen) atoms. The lowest BCUT2D eigenvalue weighted by molar-refractivity contribution is -0.0181. The third-order valence-corrected chi connectivity index (χ3v) is 3.42. The van der Waals surface area contributed by atoms with E-state index in [0.717, 1.165) is 12.8 Å². The van der Waals surface area contributed by atoms with Crippen LogP contribution in [0, 0.1) is 5.92 Å². The van der Waals surface area contributed by atoms with Crippen molar-refractivity contribution in [2.24, 2.45) is 5.92 Å². The highest BCUT2D eigenvalue weighted by molar-refractivity contribution is 5.14. The second kappa shape index (κ2) is 2.24. The highest BCUT2D eigenvalue weighted by Gasteiger charge is 2.66. The fourth-order valence-corrected chi connectivity index (χ4v) is 2.54. The molecule has 2 rings (SSSR count). The minimum atomic E-state index is -0.660. The summed E-state index contributed by atoms with van der Waals surface area (Å²) in [5.74, 6) is 0.704. The summed E-state index contributed by atoms with van der Waals surface area (Å²) in [6.45, 7) is 5.97. The van der Waals surface area contributed by atoms with E-state index in [1.807, 2.05) is 13.8 Å². The lowest BCUT2D eigenvalue weighted by Crippen LogP contribution is -2.44. The van der Waals surface area contributed by atoms with Crippen LogP contribution >= 0.6 is 0 Å². The lowest BCUT2D eigenvalue weighted by atomic mass is 9.74. The predicted molar refractivity (Wildman–Crippen MR) is 46.9 cm³/mol. The van der Waals surface area contributed by atoms with Crippen LogP contribution in [-0.2, 0) is 4.74 Å². The molecule has 0 aromatic rings. The van der Waals surface area contributed by atoms with Crippen molar-refractivity contribution in [3.8, 4) is 0 Å². The quantitative estimate of drug-likeness (QED) is 0.608. The molecule has 1 aliphatic carbocycles. The topological polar surface area (TPSA) is 32.8 Å². The molecule has 1 heterocycles. The van der Waals surface area contributed by atoms with Gasteiger partial charge in [0, 0.05) is 0 Å². The lowest BCUT2D eigenvalue weighted by Gasteiger charge is -2.32. The van der Waals surface area contributed by atoms with Gasteiger partial charge in [0.15, 0.2) is 0 Å². The van der Waals surface area contributed by atoms with Crippen LogP contribution in [0.3, 0.4) is 0 Å². The number of fused-ring (bicyclic) bond motifs is 1. The Labute approximate surface area is 73.9 Å². The Bertz CT molecular complexity index is 195. The van der Waals surface area contributed by atoms with Crippen LogP contribution in [0.5, 0.6) is 0 Å². The molecule has 0 spiro atoms. The molecule has 1 N–H and O–H groups in total. The minimum absolute atomic E-state index is 0.190. The maximum Gasteiger partial charge on any atom is 0.123 e. The molecule has 2 heteroatoms. The van der Waals surface area contributed by atoms with Gasteiger partial charge in [-0.15, -0.1) is 0 Å². The second-order valence-corrected chi connectivity index (χ2v) is 4.94. The van der Waals surface area contributed by atoms with Crippen molar-refractivity contribution in [2.75, 3.05) is 0 Å². The maximum atomic E-state index is 9.94. The molecule has 0 aromatic heterocycles. The van der Waals surface area contributed by atoms with Gasteiger partial charge in [0.25, 0.3) is 0 Å². The molecule has 0 unspecified atom stereocenters. The van der Waals surface area contributed by atoms with Gasteiger partial charge < -0.3 is 9.84 Å². The largest absolute Gasteiger partial charge is 0.387 e. The van der Waals surface area contributed by atoms with Crippen LogP contribution in [-0.4, -0.2) is 22.4 Å². The van der Waals surface area contributed by atoms with E-state index in [1.54, 1.807) is 0 Å². The third kappa shape index (κ3) is 1.01. The van der Waals surface area contributed by atoms with Crippen molar-refractivity contribution in [3.63, 3.8) is 0 Å². The van der Waals surface area contributed by atoms with Gasteiger partial charge in [0.1, 0.15) is 5.60 Å². The first-order valence-electron chi connectivity index (χ1n) is 4.86. The van der Waals surface area contributed by atoms with Gasteiger partial charge in [-0.25, -0.2) is 0 Å². The van der Waals surface area contributed by atoms with Crippen molar-refractivity contribution in [1.82, 2.24) is 0 Å². The highest BCUT2D eigenvalue weighted by Crippen LogP contribution is 2.55. The molecule has 2 fully saturated rings. The van der Waals surface area contributed by atoms with Crippen LogP contribution in [0.4, 0.5) is 0 Å². The zero-order chi connectivity index (χ0) is 8.98. The van der Waals surface area contributed by atoms with E-state index < -0.39 is 5.60 Å². The summed E-state index contributed by atoms with van der Waals surface area (Å²) in [5, 5.41) is 9.94. The average Bonchev–Trinajstić information content (AvgIpc) is 2.60. The first-order chi connectivity index (χ1) is 5.46. The smallest absolute Gasteiger partial charge is 0.123 e. The Hall–Kier alpha value is -0.0800. The molecule has 3 atom stereocenters. The Balaban J connectivity index is 2.14. The molecule has 70 valence electrons. The number of rotatable bonds is 1. The van der Waals surface area contributed by atoms with Crippen LogP contribution in [0.15, 0.2) is 0 Å². The summed E-state index contributed by atoms with van der Waals surface area (Å²) in [6, 6.07) is 0. The fourth-order valence-electron chi connectivity index (χ4n) is 2.54. The van der Waals surface area contributed by atoms with Crippen LogP contribution in [0.25, 0.3) is 0 Å². The number of hydrogen-bond acceptors (Lipinski definition) is 2. The number of aliphatic hydroxyl groups is 1. The maximum absolute atomic E-state index is 9.94. The summed E-state index contributed by atoms with van der Waals surface area (Å²) in [7, 11) is 0. The zero-order valence-corrected chi connectivity index (χ0v) is 8.13. The van der Waals surface area contributed by atoms with E-state index in [1.165, 1.54) is 6.42 Å². The first kappa shape index (κ1) is 8.52. The Morgan fingerprint density at radius 1 is 1.42 bits per heavy atom. The van der Waals surface area contributed by atoms with Gasteiger partial charge in [-0.1, -0.05) is 6.92 Å². The molecule has 1 saturated heterocycles. The number of hydrogen-bond donors (Lipinski definition) is 1. The third-order valence-electron chi connectivity index (χ3n) is 3.42. The average molecular weight is 170 g/mol. The van der Waals surface area contributed by atoms with Gasteiger partial charge in [-0.2, -0.15) is 0 Å². The normalized spacial score (nSPS) is 47.0. The molecule has 1 aliphatic heterocycles. The number of epoxide rings is 1. The van der Waals surface area contributed by atoms with Crippen molar-refractivity contribution < 1.29 is 9.84 Å². The standard InChI is InChI=1S/C10H18O2/c1-7-4-5-8-10(6-7,12-8)9(2,3)11/h7-8,11H,4-6H2,1-3H3/t7-,8+,10-/m1/s1. The van der Waals surface area contributed by atoms with E-state index in [9.17, 15) is 5.11 Å². The Morgan fingerprint density at radius 3 is 2.58 bits per heavy atom. The molecule has 0 aromatic carbocycles. The molecule has 0 amide bonds. The summed E-state index contributed by atoms with van der Waals surface area (Å²) in [5.41, 5.74) is -0.850. The van der Waals surface area contributed by atoms with Crippen LogP contribution < -0.4 is 0 Å². The molecule has 0 radical (unpaired) electrons. The van der Waals surface area contributed by atoms with Gasteiger partial charge in [-0.05, 0) is 39.0 Å². The van der Waals surface area contributed by atoms with E-state index in [-0.39, 0.29) is 5.60 Å². The Morgan fingerprint density at radius 2 is 2.08 bits per heavy atom. The van der Waals surface area contributed by atoms with Crippen molar-refractivity contribution in [3.05, 3.63) is 0 Å². The van der Waals surface area contributed by atoms with E-state index in [2.05, 4.69) is 6.92 Å². The fraction of sp³-hybridized carbons (Fsp3) is 1.00. The SMILES string of the molecule is C[C@@H]1CC[C@@H]2O[C@]2(C(C)(C)O)C1. The molecular formula is C10H18O2. The molecule has 2 nitrogen and oxygen atoms in total. The van der Waals surface area contributed by atoms with Crippen molar-refractivity contribution in [1.29, 1.82) is 0 Å². The summed E-state index contributed by atoms with van der Waals surface area (Å²) in [4.78, 5) is 0. The monoisotopic (exact) mass is 170 g/mol. The van der Waals surface area contributed by atoms with Crippen LogP contribution in [0.1, 0.15) is 40.0 Å². The second-order valence-electron chi connectivity index (χ2n) is 4.94. The predicted octanol–water partition coefficient (Wildman–Crippen LogP) is 1.71. The summed E-state index contributed by atoms with van der Waals surface area (Å²) >= 11 is 0. The molecule has 0 bridgehead atoms. The van der Waals surface area contributed by atoms with Gasteiger partial charge in [0.05, 0.1) is 11.7 Å². The summed E-state index contributed by atoms with van der Waals surface area (Å²) < 4.78 is 5.65. The van der Waals surface area contributed by atoms with E-state index >= 15 is 0 Å². The van der Waals surface area contributed by atoms with Gasteiger partial charge >= 0.3 is 0 Å². The molecular weight excluding hydrogens is 152 g/mol. The highest BCUT2D eigenvalue weighted by atomic mass is 16.6. The summed E-state index contributed by atoms with van der Waals surface area (Å²) in [6.07, 6.45) is 3.75. The van der Waals surface area contributed by atoms with E-state index in [4.69, 9.17) is 4.74 Å². The Kier molecular flexibility index (Phi) is 1.59. The van der Waals surface area contributed by atoms with Crippen molar-refractivity contribution in [2.45, 2.75) is 57.3 Å². The molecule has 2 aliphatic rings. The molecule has 1 saturated carbocycles. The first-order valence-corrected chi connectivity index (χ1v) is 4.86. The van der Waals surface area contributed by atoms with Crippen LogP contribution in [0.2, 0.25) is 0 Å².